The van der Waals surface area contributed by atoms with Crippen LogP contribution in [0.25, 0.3) is 0 Å². The van der Waals surface area contributed by atoms with Gasteiger partial charge < -0.3 is 5.11 Å². The number of anilines is 1. The first-order chi connectivity index (χ1) is 10.8. The highest BCUT2D eigenvalue weighted by atomic mass is 32.2. The molecule has 0 bridgehead atoms. The number of halogens is 3. The number of aromatic carboxylic acids is 1. The number of carbonyl (C=O) groups excluding carboxylic acids is 1. The summed E-state index contributed by atoms with van der Waals surface area (Å²) in [6.07, 6.45) is -4.98. The van der Waals surface area contributed by atoms with Crippen molar-refractivity contribution in [1.29, 1.82) is 0 Å². The van der Waals surface area contributed by atoms with Crippen molar-refractivity contribution in [3.05, 3.63) is 35.4 Å². The van der Waals surface area contributed by atoms with Gasteiger partial charge in [0, 0.05) is 5.75 Å². The molecule has 1 aromatic carbocycles. The van der Waals surface area contributed by atoms with Crippen molar-refractivity contribution in [3.63, 3.8) is 0 Å². The summed E-state index contributed by atoms with van der Waals surface area (Å²) in [4.78, 5) is 21.5. The van der Waals surface area contributed by atoms with Crippen molar-refractivity contribution in [2.45, 2.75) is 16.3 Å². The minimum absolute atomic E-state index is 0.159. The van der Waals surface area contributed by atoms with E-state index in [9.17, 15) is 22.8 Å². The van der Waals surface area contributed by atoms with Gasteiger partial charge in [-0.15, -0.1) is 10.2 Å². The molecule has 0 atom stereocenters. The number of nitrogens with one attached hydrogen (secondary N) is 1. The highest BCUT2D eigenvalue weighted by Gasteiger charge is 2.39. The van der Waals surface area contributed by atoms with E-state index in [2.05, 4.69) is 10.2 Å². The number of hydrogen-bond donors (Lipinski definition) is 2. The van der Waals surface area contributed by atoms with Crippen LogP contribution in [0.1, 0.15) is 15.9 Å². The van der Waals surface area contributed by atoms with Gasteiger partial charge in [0.25, 0.3) is 0 Å². The largest absolute Gasteiger partial charge is 0.478 e. The average molecular weight is 363 g/mol. The molecule has 0 unspecified atom stereocenters. The summed E-state index contributed by atoms with van der Waals surface area (Å²) >= 11 is 2.03. The standard InChI is InChI=1S/C12H8F3N3O3S2/c13-12(14,15)9(21)16-10-17-18-11(23-10)22-5-6-1-3-7(4-2-6)8(19)20/h1-4H,5H2,(H,19,20)(H,16,17,21). The molecule has 0 aliphatic heterocycles. The van der Waals surface area contributed by atoms with E-state index < -0.39 is 18.1 Å². The second-order valence-corrected chi connectivity index (χ2v) is 6.32. The lowest BCUT2D eigenvalue weighted by Gasteiger charge is -2.03. The fourth-order valence-corrected chi connectivity index (χ4v) is 3.08. The van der Waals surface area contributed by atoms with Crippen LogP contribution in [0, 0.1) is 0 Å². The highest BCUT2D eigenvalue weighted by Crippen LogP contribution is 2.29. The maximum absolute atomic E-state index is 12.1. The number of rotatable bonds is 5. The molecule has 0 aliphatic carbocycles. The van der Waals surface area contributed by atoms with Gasteiger partial charge in [-0.3, -0.25) is 10.1 Å². The van der Waals surface area contributed by atoms with E-state index in [1.165, 1.54) is 23.9 Å². The lowest BCUT2D eigenvalue weighted by molar-refractivity contribution is -0.167. The van der Waals surface area contributed by atoms with Crippen LogP contribution in [0.4, 0.5) is 18.3 Å². The Balaban J connectivity index is 1.92. The molecular formula is C12H8F3N3O3S2. The van der Waals surface area contributed by atoms with Gasteiger partial charge in [-0.25, -0.2) is 4.79 Å². The smallest absolute Gasteiger partial charge is 0.471 e. The summed E-state index contributed by atoms with van der Waals surface area (Å²) in [5, 5.41) is 17.3. The molecule has 2 N–H and O–H groups in total. The Morgan fingerprint density at radius 1 is 1.22 bits per heavy atom. The minimum Gasteiger partial charge on any atom is -0.478 e. The molecule has 2 aromatic rings. The number of carbonyl (C=O) groups is 2. The Bertz CT molecular complexity index is 716. The number of aromatic nitrogens is 2. The van der Waals surface area contributed by atoms with E-state index in [0.29, 0.717) is 10.1 Å². The number of benzene rings is 1. The molecule has 1 amide bonds. The maximum Gasteiger partial charge on any atom is 0.471 e. The fourth-order valence-electron chi connectivity index (χ4n) is 1.38. The predicted molar refractivity (Wildman–Crippen MR) is 77.6 cm³/mol. The number of amides is 1. The minimum atomic E-state index is -4.98. The van der Waals surface area contributed by atoms with Gasteiger partial charge in [0.1, 0.15) is 0 Å². The number of thioether (sulfide) groups is 1. The monoisotopic (exact) mass is 363 g/mol. The maximum atomic E-state index is 12.1. The van der Waals surface area contributed by atoms with E-state index in [1.807, 2.05) is 0 Å². The van der Waals surface area contributed by atoms with Crippen molar-refractivity contribution in [1.82, 2.24) is 10.2 Å². The third-order valence-corrected chi connectivity index (χ3v) is 4.49. The van der Waals surface area contributed by atoms with Gasteiger partial charge in [0.05, 0.1) is 5.56 Å². The van der Waals surface area contributed by atoms with Gasteiger partial charge in [-0.1, -0.05) is 35.2 Å². The second-order valence-electron chi connectivity index (χ2n) is 4.12. The van der Waals surface area contributed by atoms with Crippen LogP contribution in [0.5, 0.6) is 0 Å². The molecule has 2 rings (SSSR count). The zero-order valence-electron chi connectivity index (χ0n) is 11.1. The first kappa shape index (κ1) is 17.2. The summed E-state index contributed by atoms with van der Waals surface area (Å²) in [5.74, 6) is -2.70. The van der Waals surface area contributed by atoms with Crippen molar-refractivity contribution in [3.8, 4) is 0 Å². The normalized spacial score (nSPS) is 11.3. The Hall–Kier alpha value is -2.14. The van der Waals surface area contributed by atoms with Gasteiger partial charge in [-0.2, -0.15) is 13.2 Å². The van der Waals surface area contributed by atoms with Crippen molar-refractivity contribution in [2.75, 3.05) is 5.32 Å². The number of alkyl halides is 3. The third-order valence-electron chi connectivity index (χ3n) is 2.45. The van der Waals surface area contributed by atoms with E-state index in [-0.39, 0.29) is 10.7 Å². The van der Waals surface area contributed by atoms with Crippen LogP contribution in [-0.4, -0.2) is 33.4 Å². The predicted octanol–water partition coefficient (Wildman–Crippen LogP) is 3.03. The first-order valence-electron chi connectivity index (χ1n) is 5.92. The van der Waals surface area contributed by atoms with Crippen LogP contribution in [0.3, 0.4) is 0 Å². The molecule has 0 fully saturated rings. The quantitative estimate of drug-likeness (QED) is 0.627. The lowest BCUT2D eigenvalue weighted by atomic mass is 10.1. The Morgan fingerprint density at radius 3 is 2.43 bits per heavy atom. The van der Waals surface area contributed by atoms with Crippen molar-refractivity contribution < 1.29 is 27.9 Å². The summed E-state index contributed by atoms with van der Waals surface area (Å²) in [7, 11) is 0. The topological polar surface area (TPSA) is 92.2 Å². The molecule has 0 saturated carbocycles. The van der Waals surface area contributed by atoms with Crippen molar-refractivity contribution in [2.24, 2.45) is 0 Å². The van der Waals surface area contributed by atoms with E-state index >= 15 is 0 Å². The molecule has 23 heavy (non-hydrogen) atoms. The van der Waals surface area contributed by atoms with Crippen molar-refractivity contribution >= 4 is 40.1 Å². The third kappa shape index (κ3) is 4.93. The second kappa shape index (κ2) is 6.96. The molecule has 6 nitrogen and oxygen atoms in total. The summed E-state index contributed by atoms with van der Waals surface area (Å²) < 4.78 is 36.7. The molecule has 122 valence electrons. The van der Waals surface area contributed by atoms with E-state index in [0.717, 1.165) is 16.9 Å². The van der Waals surface area contributed by atoms with Crippen LogP contribution in [0.15, 0.2) is 28.6 Å². The Morgan fingerprint density at radius 2 is 1.87 bits per heavy atom. The zero-order chi connectivity index (χ0) is 17.0. The number of nitrogens with zero attached hydrogens (tertiary/aromatic N) is 2. The first-order valence-corrected chi connectivity index (χ1v) is 7.72. The number of carboxylic acid groups (broad SMARTS) is 1. The number of hydrogen-bond acceptors (Lipinski definition) is 6. The Labute approximate surface area is 135 Å². The molecular weight excluding hydrogens is 355 g/mol. The SMILES string of the molecule is O=C(O)c1ccc(CSc2nnc(NC(=O)C(F)(F)F)s2)cc1. The lowest BCUT2D eigenvalue weighted by Crippen LogP contribution is -2.29. The van der Waals surface area contributed by atoms with Crippen LogP contribution >= 0.6 is 23.1 Å². The highest BCUT2D eigenvalue weighted by molar-refractivity contribution is 8.00. The fraction of sp³-hybridized carbons (Fsp3) is 0.167. The number of carboxylic acids is 1. The average Bonchev–Trinajstić information content (AvgIpc) is 2.92. The summed E-state index contributed by atoms with van der Waals surface area (Å²) in [5.41, 5.74) is 0.975. The molecule has 11 heteroatoms. The van der Waals surface area contributed by atoms with Gasteiger partial charge in [0.15, 0.2) is 4.34 Å². The molecule has 0 aliphatic rings. The molecule has 1 aromatic heterocycles. The summed E-state index contributed by atoms with van der Waals surface area (Å²) in [6.45, 7) is 0. The van der Waals surface area contributed by atoms with Gasteiger partial charge in [0.2, 0.25) is 5.13 Å². The molecule has 0 saturated heterocycles. The van der Waals surface area contributed by atoms with Gasteiger partial charge >= 0.3 is 18.1 Å². The van der Waals surface area contributed by atoms with Crippen LogP contribution < -0.4 is 5.32 Å². The molecule has 0 spiro atoms. The summed E-state index contributed by atoms with van der Waals surface area (Å²) in [6, 6.07) is 6.16. The Kier molecular flexibility index (Phi) is 5.21. The van der Waals surface area contributed by atoms with Crippen LogP contribution in [-0.2, 0) is 10.5 Å². The van der Waals surface area contributed by atoms with E-state index in [4.69, 9.17) is 5.11 Å². The van der Waals surface area contributed by atoms with E-state index in [1.54, 1.807) is 17.4 Å². The molecule has 1 heterocycles. The molecule has 0 radical (unpaired) electrons. The van der Waals surface area contributed by atoms with Gasteiger partial charge in [-0.05, 0) is 17.7 Å². The zero-order valence-corrected chi connectivity index (χ0v) is 12.8. The van der Waals surface area contributed by atoms with Crippen LogP contribution in [0.2, 0.25) is 0 Å².